The number of nitrogens with zero attached hydrogens (tertiary/aromatic N) is 1. The molecule has 4 amide bonds. The van der Waals surface area contributed by atoms with E-state index in [0.29, 0.717) is 36.8 Å². The summed E-state index contributed by atoms with van der Waals surface area (Å²) < 4.78 is 25.9. The molecule has 4 rings (SSSR count). The second kappa shape index (κ2) is 10.7. The Balaban J connectivity index is 1.67. The molecule has 1 aliphatic rings. The minimum atomic E-state index is -0.864. The molecule has 0 bridgehead atoms. The number of rotatable bonds is 6. The number of halogens is 3. The number of carbonyl (C=O) groups excluding carboxylic acids is 3. The van der Waals surface area contributed by atoms with Crippen LogP contribution in [0.4, 0.5) is 14.9 Å². The summed E-state index contributed by atoms with van der Waals surface area (Å²) in [5.74, 6) is -1.29. The number of nitrogens with one attached hydrogen (secondary N) is 1. The molecule has 0 atom stereocenters. The van der Waals surface area contributed by atoms with Crippen LogP contribution in [0.1, 0.15) is 16.7 Å². The van der Waals surface area contributed by atoms with Crippen molar-refractivity contribution in [3.05, 3.63) is 91.3 Å². The molecule has 1 saturated heterocycles. The topological polar surface area (TPSA) is 84.9 Å². The van der Waals surface area contributed by atoms with Crippen molar-refractivity contribution in [1.29, 1.82) is 0 Å². The van der Waals surface area contributed by atoms with Crippen LogP contribution in [0.5, 0.6) is 11.5 Å². The van der Waals surface area contributed by atoms with E-state index in [1.807, 2.05) is 22.6 Å². The average molecular weight is 621 g/mol. The fraction of sp³-hybridized carbons (Fsp3) is 0.115. The van der Waals surface area contributed by atoms with Gasteiger partial charge in [-0.15, -0.1) is 0 Å². The molecule has 0 aliphatic carbocycles. The molecule has 1 aliphatic heterocycles. The Morgan fingerprint density at radius 2 is 1.86 bits per heavy atom. The van der Waals surface area contributed by atoms with Gasteiger partial charge >= 0.3 is 6.03 Å². The zero-order valence-corrected chi connectivity index (χ0v) is 22.0. The zero-order valence-electron chi connectivity index (χ0n) is 19.1. The molecule has 0 saturated carbocycles. The van der Waals surface area contributed by atoms with Gasteiger partial charge in [-0.3, -0.25) is 14.9 Å². The van der Waals surface area contributed by atoms with Crippen LogP contribution in [0.15, 0.2) is 60.2 Å². The minimum Gasteiger partial charge on any atom is -0.493 e. The maximum Gasteiger partial charge on any atom is 0.335 e. The van der Waals surface area contributed by atoms with Crippen LogP contribution in [-0.4, -0.2) is 25.0 Å². The molecule has 184 valence electrons. The maximum absolute atomic E-state index is 14.0. The molecular formula is C26H19ClFIN2O5. The lowest BCUT2D eigenvalue weighted by atomic mass is 10.1. The van der Waals surface area contributed by atoms with Crippen LogP contribution >= 0.6 is 34.2 Å². The molecule has 3 aromatic rings. The third-order valence-corrected chi connectivity index (χ3v) is 6.44. The number of ether oxygens (including phenoxy) is 2. The summed E-state index contributed by atoms with van der Waals surface area (Å²) in [7, 11) is 1.44. The summed E-state index contributed by atoms with van der Waals surface area (Å²) in [5.41, 5.74) is 1.50. The van der Waals surface area contributed by atoms with E-state index < -0.39 is 17.8 Å². The zero-order chi connectivity index (χ0) is 26.0. The van der Waals surface area contributed by atoms with Gasteiger partial charge in [0.25, 0.3) is 11.8 Å². The number of anilines is 1. The first kappa shape index (κ1) is 25.6. The van der Waals surface area contributed by atoms with Gasteiger partial charge in [0.15, 0.2) is 11.5 Å². The highest BCUT2D eigenvalue weighted by atomic mass is 127. The minimum absolute atomic E-state index is 0.0174. The highest BCUT2D eigenvalue weighted by Gasteiger charge is 2.37. The van der Waals surface area contributed by atoms with Crippen LogP contribution in [0.3, 0.4) is 0 Å². The monoisotopic (exact) mass is 620 g/mol. The van der Waals surface area contributed by atoms with Crippen LogP contribution in [0, 0.1) is 16.3 Å². The van der Waals surface area contributed by atoms with E-state index in [9.17, 15) is 18.8 Å². The molecule has 7 nitrogen and oxygen atoms in total. The van der Waals surface area contributed by atoms with Gasteiger partial charge < -0.3 is 9.47 Å². The van der Waals surface area contributed by atoms with Gasteiger partial charge in [-0.1, -0.05) is 35.9 Å². The fourth-order valence-electron chi connectivity index (χ4n) is 3.59. The molecule has 10 heteroatoms. The molecule has 3 aromatic carbocycles. The third-order valence-electron chi connectivity index (χ3n) is 5.41. The van der Waals surface area contributed by atoms with E-state index >= 15 is 0 Å². The van der Waals surface area contributed by atoms with E-state index in [1.165, 1.54) is 25.3 Å². The van der Waals surface area contributed by atoms with Crippen LogP contribution in [0.2, 0.25) is 5.02 Å². The number of benzene rings is 3. The Labute approximate surface area is 225 Å². The molecule has 1 fully saturated rings. The molecule has 0 aromatic heterocycles. The Hall–Kier alpha value is -3.44. The summed E-state index contributed by atoms with van der Waals surface area (Å²) >= 11 is 8.09. The second-order valence-corrected chi connectivity index (χ2v) is 9.40. The number of imide groups is 2. The highest BCUT2D eigenvalue weighted by molar-refractivity contribution is 14.1. The van der Waals surface area contributed by atoms with Crippen molar-refractivity contribution in [1.82, 2.24) is 5.32 Å². The number of hydrogen-bond donors (Lipinski definition) is 1. The molecule has 1 heterocycles. The summed E-state index contributed by atoms with van der Waals surface area (Å²) in [4.78, 5) is 39.2. The number of amides is 4. The standard InChI is InChI=1S/C26H19ClFIN2O5/c1-14-7-8-17(27)12-21(14)31-25(33)18(24(32)30-26(31)34)9-15-10-20(29)23(22(11-15)35-2)36-13-16-5-3-4-6-19(16)28/h3-12H,13H2,1-2H3,(H,30,32,34)/b18-9+. The third kappa shape index (κ3) is 5.21. The van der Waals surface area contributed by atoms with Crippen molar-refractivity contribution in [3.8, 4) is 11.5 Å². The molecule has 0 radical (unpaired) electrons. The lowest BCUT2D eigenvalue weighted by Gasteiger charge is -2.27. The van der Waals surface area contributed by atoms with Crippen molar-refractivity contribution in [2.75, 3.05) is 12.0 Å². The molecule has 1 N–H and O–H groups in total. The average Bonchev–Trinajstić information content (AvgIpc) is 2.83. The summed E-state index contributed by atoms with van der Waals surface area (Å²) in [6.07, 6.45) is 1.36. The van der Waals surface area contributed by atoms with Crippen molar-refractivity contribution in [2.24, 2.45) is 0 Å². The number of urea groups is 1. The van der Waals surface area contributed by atoms with Crippen LogP contribution in [0.25, 0.3) is 6.08 Å². The van der Waals surface area contributed by atoms with Gasteiger partial charge in [0, 0.05) is 10.6 Å². The van der Waals surface area contributed by atoms with E-state index in [4.69, 9.17) is 21.1 Å². The summed E-state index contributed by atoms with van der Waals surface area (Å²) in [5, 5.41) is 2.53. The first-order valence-corrected chi connectivity index (χ1v) is 12.1. The Bertz CT molecular complexity index is 1430. The fourth-order valence-corrected chi connectivity index (χ4v) is 4.54. The van der Waals surface area contributed by atoms with Crippen molar-refractivity contribution < 1.29 is 28.2 Å². The number of hydrogen-bond acceptors (Lipinski definition) is 5. The summed E-state index contributed by atoms with van der Waals surface area (Å²) in [6.45, 7) is 1.70. The van der Waals surface area contributed by atoms with Crippen molar-refractivity contribution in [3.63, 3.8) is 0 Å². The van der Waals surface area contributed by atoms with Crippen molar-refractivity contribution >= 4 is 63.8 Å². The number of aryl methyl sites for hydroxylation is 1. The number of methoxy groups -OCH3 is 1. The Morgan fingerprint density at radius 1 is 1.11 bits per heavy atom. The highest BCUT2D eigenvalue weighted by Crippen LogP contribution is 2.36. The first-order valence-electron chi connectivity index (χ1n) is 10.6. The van der Waals surface area contributed by atoms with E-state index in [0.717, 1.165) is 4.90 Å². The quantitative estimate of drug-likeness (QED) is 0.219. The molecular weight excluding hydrogens is 602 g/mol. The van der Waals surface area contributed by atoms with Gasteiger partial charge in [-0.2, -0.15) is 0 Å². The smallest absolute Gasteiger partial charge is 0.335 e. The largest absolute Gasteiger partial charge is 0.493 e. The van der Waals surface area contributed by atoms with Gasteiger partial charge in [0.05, 0.1) is 16.4 Å². The molecule has 36 heavy (non-hydrogen) atoms. The van der Waals surface area contributed by atoms with Crippen LogP contribution in [-0.2, 0) is 16.2 Å². The van der Waals surface area contributed by atoms with Crippen molar-refractivity contribution in [2.45, 2.75) is 13.5 Å². The van der Waals surface area contributed by atoms with E-state index in [2.05, 4.69) is 5.32 Å². The van der Waals surface area contributed by atoms with Gasteiger partial charge in [-0.05, 0) is 77.0 Å². The maximum atomic E-state index is 14.0. The second-order valence-electron chi connectivity index (χ2n) is 7.80. The van der Waals surface area contributed by atoms with E-state index in [1.54, 1.807) is 49.4 Å². The Morgan fingerprint density at radius 3 is 2.58 bits per heavy atom. The van der Waals surface area contributed by atoms with Gasteiger partial charge in [0.1, 0.15) is 18.0 Å². The lowest BCUT2D eigenvalue weighted by Crippen LogP contribution is -2.54. The first-order chi connectivity index (χ1) is 17.2. The van der Waals surface area contributed by atoms with Gasteiger partial charge in [-0.25, -0.2) is 14.1 Å². The number of barbiturate groups is 1. The SMILES string of the molecule is COc1cc(/C=C2\C(=O)NC(=O)N(c3cc(Cl)ccc3C)C2=O)cc(I)c1OCc1ccccc1F. The lowest BCUT2D eigenvalue weighted by molar-refractivity contribution is -0.122. The normalized spacial score (nSPS) is 14.8. The van der Waals surface area contributed by atoms with Gasteiger partial charge in [0.2, 0.25) is 0 Å². The summed E-state index contributed by atoms with van der Waals surface area (Å²) in [6, 6.07) is 13.5. The molecule has 0 unspecified atom stereocenters. The molecule has 0 spiro atoms. The predicted octanol–water partition coefficient (Wildman–Crippen LogP) is 5.65. The number of carbonyl (C=O) groups is 3. The Kier molecular flexibility index (Phi) is 7.60. The predicted molar refractivity (Wildman–Crippen MR) is 142 cm³/mol. The van der Waals surface area contributed by atoms with E-state index in [-0.39, 0.29) is 23.7 Å². The van der Waals surface area contributed by atoms with Crippen LogP contribution < -0.4 is 19.7 Å².